The zero-order valence-electron chi connectivity index (χ0n) is 23.1. The molecule has 0 aliphatic rings. The largest absolute Gasteiger partial charge is 0.465 e. The summed E-state index contributed by atoms with van der Waals surface area (Å²) in [4.78, 5) is 57.8. The highest BCUT2D eigenvalue weighted by molar-refractivity contribution is 5.96. The number of benzene rings is 2. The van der Waals surface area contributed by atoms with Crippen LogP contribution in [0.5, 0.6) is 11.5 Å². The monoisotopic (exact) mass is 594 g/mol. The Kier molecular flexibility index (Phi) is 9.50. The summed E-state index contributed by atoms with van der Waals surface area (Å²) < 4.78 is 34.0. The molecule has 2 aromatic heterocycles. The second kappa shape index (κ2) is 13.4. The van der Waals surface area contributed by atoms with Gasteiger partial charge in [-0.25, -0.2) is 18.6 Å². The van der Waals surface area contributed by atoms with E-state index in [9.17, 15) is 28.0 Å². The lowest BCUT2D eigenvalue weighted by atomic mass is 10.1. The molecule has 0 saturated carbocycles. The van der Waals surface area contributed by atoms with Crippen LogP contribution in [0.2, 0.25) is 0 Å². The van der Waals surface area contributed by atoms with Crippen LogP contribution in [-0.4, -0.2) is 62.6 Å². The minimum Gasteiger partial charge on any atom is -0.465 e. The van der Waals surface area contributed by atoms with Gasteiger partial charge in [-0.2, -0.15) is 0 Å². The highest BCUT2D eigenvalue weighted by atomic mass is 19.1. The molecule has 3 amide bonds. The van der Waals surface area contributed by atoms with Gasteiger partial charge in [0.05, 0.1) is 17.6 Å². The minimum absolute atomic E-state index is 0.00150. The lowest BCUT2D eigenvalue weighted by molar-refractivity contribution is -0.123. The Hall–Kier alpha value is -5.53. The predicted octanol–water partition coefficient (Wildman–Crippen LogP) is 3.84. The maximum Gasteiger partial charge on any atom is 0.405 e. The number of H-pyrrole nitrogens is 1. The van der Waals surface area contributed by atoms with Crippen LogP contribution in [-0.2, 0) is 16.1 Å². The van der Waals surface area contributed by atoms with Crippen molar-refractivity contribution in [3.8, 4) is 11.5 Å². The molecule has 0 spiro atoms. The maximum atomic E-state index is 14.0. The molecule has 1 atom stereocenters. The third kappa shape index (κ3) is 8.03. The number of fused-ring (bicyclic) bond motifs is 1. The molecule has 2 heterocycles. The molecular weight excluding hydrogens is 566 g/mol. The molecule has 12 nitrogen and oxygen atoms in total. The first-order valence-electron chi connectivity index (χ1n) is 13.0. The number of anilines is 1. The number of nitrogens with zero attached hydrogens (tertiary/aromatic N) is 3. The SMILES string of the molecule is CN(C)C(=O)/C=C/CC[C@H](NC(=O)O)C(=O)Nc1cccn(Cc2nc3ccc(Oc4ccc(F)cc4F)cc3[nH]2)c1=O. The molecule has 0 fully saturated rings. The fraction of sp³-hybridized carbons (Fsp3) is 0.207. The van der Waals surface area contributed by atoms with E-state index in [2.05, 4.69) is 20.6 Å². The number of hydrogen-bond donors (Lipinski definition) is 4. The van der Waals surface area contributed by atoms with E-state index >= 15 is 0 Å². The molecular formula is C29H28F2N6O6. The van der Waals surface area contributed by atoms with E-state index in [1.54, 1.807) is 32.3 Å². The normalized spacial score (nSPS) is 11.8. The number of pyridine rings is 1. The molecule has 43 heavy (non-hydrogen) atoms. The summed E-state index contributed by atoms with van der Waals surface area (Å²) in [5.41, 5.74) is 0.452. The van der Waals surface area contributed by atoms with Gasteiger partial charge in [0.15, 0.2) is 11.6 Å². The van der Waals surface area contributed by atoms with Gasteiger partial charge < -0.3 is 34.9 Å². The minimum atomic E-state index is -1.42. The van der Waals surface area contributed by atoms with E-state index < -0.39 is 35.2 Å². The van der Waals surface area contributed by atoms with Crippen molar-refractivity contribution in [3.05, 3.63) is 94.7 Å². The number of carboxylic acid groups (broad SMARTS) is 1. The van der Waals surface area contributed by atoms with Crippen LogP contribution >= 0.6 is 0 Å². The molecule has 224 valence electrons. The van der Waals surface area contributed by atoms with Crippen LogP contribution in [0, 0.1) is 11.6 Å². The molecule has 0 unspecified atom stereocenters. The number of allylic oxidation sites excluding steroid dienone is 1. The Balaban J connectivity index is 1.45. The Morgan fingerprint density at radius 2 is 1.95 bits per heavy atom. The van der Waals surface area contributed by atoms with Crippen LogP contribution in [0.15, 0.2) is 71.7 Å². The zero-order valence-corrected chi connectivity index (χ0v) is 23.1. The number of imidazole rings is 1. The lowest BCUT2D eigenvalue weighted by Gasteiger charge is -2.16. The smallest absolute Gasteiger partial charge is 0.405 e. The van der Waals surface area contributed by atoms with Crippen molar-refractivity contribution in [1.82, 2.24) is 24.8 Å². The number of carbonyl (C=O) groups is 3. The van der Waals surface area contributed by atoms with Gasteiger partial charge >= 0.3 is 6.09 Å². The van der Waals surface area contributed by atoms with Gasteiger partial charge in [-0.3, -0.25) is 14.4 Å². The topological polar surface area (TPSA) is 159 Å². The number of amides is 3. The first kappa shape index (κ1) is 30.4. The van der Waals surface area contributed by atoms with E-state index in [1.807, 2.05) is 0 Å². The lowest BCUT2D eigenvalue weighted by Crippen LogP contribution is -2.44. The third-order valence-corrected chi connectivity index (χ3v) is 6.16. The van der Waals surface area contributed by atoms with Crippen molar-refractivity contribution in [2.45, 2.75) is 25.4 Å². The van der Waals surface area contributed by atoms with Crippen LogP contribution in [0.25, 0.3) is 11.0 Å². The van der Waals surface area contributed by atoms with Gasteiger partial charge in [-0.1, -0.05) is 6.08 Å². The van der Waals surface area contributed by atoms with Gasteiger partial charge in [0.2, 0.25) is 11.8 Å². The summed E-state index contributed by atoms with van der Waals surface area (Å²) in [5, 5.41) is 13.8. The van der Waals surface area contributed by atoms with Gasteiger partial charge in [-0.05, 0) is 55.3 Å². The van der Waals surface area contributed by atoms with E-state index in [0.717, 1.165) is 6.07 Å². The van der Waals surface area contributed by atoms with Crippen molar-refractivity contribution in [2.75, 3.05) is 19.4 Å². The number of halogens is 2. The van der Waals surface area contributed by atoms with Crippen LogP contribution in [0.1, 0.15) is 18.7 Å². The summed E-state index contributed by atoms with van der Waals surface area (Å²) >= 11 is 0. The van der Waals surface area contributed by atoms with E-state index in [-0.39, 0.29) is 42.5 Å². The molecule has 4 N–H and O–H groups in total. The Morgan fingerprint density at radius 1 is 1.16 bits per heavy atom. The highest BCUT2D eigenvalue weighted by Crippen LogP contribution is 2.27. The van der Waals surface area contributed by atoms with Crippen LogP contribution in [0.3, 0.4) is 0 Å². The van der Waals surface area contributed by atoms with Crippen LogP contribution in [0.4, 0.5) is 19.3 Å². The molecule has 0 radical (unpaired) electrons. The second-order valence-corrected chi connectivity index (χ2v) is 9.60. The molecule has 4 aromatic rings. The molecule has 0 aliphatic carbocycles. The summed E-state index contributed by atoms with van der Waals surface area (Å²) in [6, 6.07) is 9.50. The summed E-state index contributed by atoms with van der Waals surface area (Å²) in [6.07, 6.45) is 3.22. The quantitative estimate of drug-likeness (QED) is 0.192. The van der Waals surface area contributed by atoms with Gasteiger partial charge in [-0.15, -0.1) is 0 Å². The number of ether oxygens (including phenoxy) is 1. The average Bonchev–Trinajstić information content (AvgIpc) is 3.35. The van der Waals surface area contributed by atoms with Gasteiger partial charge in [0.25, 0.3) is 5.56 Å². The molecule has 2 aromatic carbocycles. The number of likely N-dealkylation sites (N-methyl/N-ethyl adjacent to an activating group) is 1. The number of carbonyl (C=O) groups excluding carboxylic acids is 2. The fourth-order valence-corrected chi connectivity index (χ4v) is 4.02. The van der Waals surface area contributed by atoms with E-state index in [1.165, 1.54) is 46.0 Å². The van der Waals surface area contributed by atoms with Crippen molar-refractivity contribution in [1.29, 1.82) is 0 Å². The molecule has 0 saturated heterocycles. The Labute approximate surface area is 243 Å². The second-order valence-electron chi connectivity index (χ2n) is 9.60. The molecule has 14 heteroatoms. The number of nitrogens with one attached hydrogen (secondary N) is 3. The third-order valence-electron chi connectivity index (χ3n) is 6.16. The fourth-order valence-electron chi connectivity index (χ4n) is 4.02. The average molecular weight is 595 g/mol. The van der Waals surface area contributed by atoms with Crippen molar-refractivity contribution in [2.24, 2.45) is 0 Å². The van der Waals surface area contributed by atoms with Gasteiger partial charge in [0, 0.05) is 32.4 Å². The number of hydrogen-bond acceptors (Lipinski definition) is 6. The summed E-state index contributed by atoms with van der Waals surface area (Å²) in [5.74, 6) is -2.04. The Morgan fingerprint density at radius 3 is 2.67 bits per heavy atom. The number of aromatic nitrogens is 3. The van der Waals surface area contributed by atoms with E-state index in [4.69, 9.17) is 9.84 Å². The number of aromatic amines is 1. The van der Waals surface area contributed by atoms with E-state index in [0.29, 0.717) is 22.9 Å². The molecule has 0 aliphatic heterocycles. The molecule has 4 rings (SSSR count). The summed E-state index contributed by atoms with van der Waals surface area (Å²) in [6.45, 7) is 0.00150. The maximum absolute atomic E-state index is 14.0. The van der Waals surface area contributed by atoms with Crippen molar-refractivity contribution >= 4 is 34.6 Å². The van der Waals surface area contributed by atoms with Crippen LogP contribution < -0.4 is 20.9 Å². The highest BCUT2D eigenvalue weighted by Gasteiger charge is 2.21. The molecule has 0 bridgehead atoms. The predicted molar refractivity (Wildman–Crippen MR) is 153 cm³/mol. The van der Waals surface area contributed by atoms with Crippen molar-refractivity contribution in [3.63, 3.8) is 0 Å². The van der Waals surface area contributed by atoms with Gasteiger partial charge in [0.1, 0.15) is 29.1 Å². The summed E-state index contributed by atoms with van der Waals surface area (Å²) in [7, 11) is 3.17. The van der Waals surface area contributed by atoms with Crippen molar-refractivity contribution < 1.29 is 33.0 Å². The first-order valence-corrected chi connectivity index (χ1v) is 13.0. The Bertz CT molecular complexity index is 1750. The zero-order chi connectivity index (χ0) is 31.1. The number of rotatable bonds is 11. The standard InChI is InChI=1S/C29H28F2N6O6/c1-36(2)26(38)8-4-3-6-21(35-29(41)42)27(39)34-22-7-5-13-37(28(22)40)16-25-32-20-11-10-18(15-23(20)33-25)43-24-12-9-17(30)14-19(24)31/h4-5,7-15,21,35H,3,6,16H2,1-2H3,(H,32,33)(H,34,39)(H,41,42)/b8-4+/t21-/m0/s1. The first-order chi connectivity index (χ1) is 20.5.